The second-order valence-electron chi connectivity index (χ2n) is 6.49. The van der Waals surface area contributed by atoms with Crippen molar-refractivity contribution < 1.29 is 9.53 Å². The maximum atomic E-state index is 12.6. The molecule has 1 amide bonds. The monoisotopic (exact) mass is 392 g/mol. The van der Waals surface area contributed by atoms with Crippen LogP contribution in [-0.2, 0) is 4.79 Å². The molecule has 2 heterocycles. The quantitative estimate of drug-likeness (QED) is 0.749. The van der Waals surface area contributed by atoms with Gasteiger partial charge in [0.2, 0.25) is 11.0 Å². The summed E-state index contributed by atoms with van der Waals surface area (Å²) in [4.78, 5) is 14.6. The summed E-state index contributed by atoms with van der Waals surface area (Å²) >= 11 is 2.94. The Labute approximate surface area is 162 Å². The van der Waals surface area contributed by atoms with Crippen molar-refractivity contribution in [3.05, 3.63) is 24.3 Å². The molecule has 26 heavy (non-hydrogen) atoms. The van der Waals surface area contributed by atoms with Crippen molar-refractivity contribution in [3.63, 3.8) is 0 Å². The predicted octanol–water partition coefficient (Wildman–Crippen LogP) is 4.03. The van der Waals surface area contributed by atoms with Crippen LogP contribution in [0, 0.1) is 5.92 Å². The van der Waals surface area contributed by atoms with E-state index in [1.165, 1.54) is 23.1 Å². The van der Waals surface area contributed by atoms with E-state index >= 15 is 0 Å². The van der Waals surface area contributed by atoms with Crippen molar-refractivity contribution in [1.29, 1.82) is 0 Å². The number of ether oxygens (including phenoxy) is 1. The van der Waals surface area contributed by atoms with Crippen LogP contribution in [0.4, 0.5) is 10.8 Å². The largest absolute Gasteiger partial charge is 0.497 e. The number of piperidine rings is 1. The molecule has 2 aromatic rings. The lowest BCUT2D eigenvalue weighted by Crippen LogP contribution is -2.41. The number of methoxy groups -OCH3 is 1. The van der Waals surface area contributed by atoms with Gasteiger partial charge in [0.05, 0.1) is 12.4 Å². The number of nitrogens with zero attached hydrogens (tertiary/aromatic N) is 3. The molecule has 0 aliphatic carbocycles. The Bertz CT molecular complexity index is 727. The van der Waals surface area contributed by atoms with Gasteiger partial charge in [-0.05, 0) is 49.9 Å². The van der Waals surface area contributed by atoms with E-state index in [2.05, 4.69) is 22.4 Å². The number of anilines is 2. The van der Waals surface area contributed by atoms with Crippen molar-refractivity contribution in [3.8, 4) is 5.75 Å². The summed E-state index contributed by atoms with van der Waals surface area (Å²) in [7, 11) is 1.64. The van der Waals surface area contributed by atoms with Crippen molar-refractivity contribution >= 4 is 39.8 Å². The first kappa shape index (κ1) is 19.0. The standard InChI is InChI=1S/C18H24N4O2S2/c1-12-8-10-22(11-9-12)16(23)13(2)25-18-21-20-17(26-18)19-14-4-6-15(24-3)7-5-14/h4-7,12-13H,8-11H2,1-3H3,(H,19,20). The Morgan fingerprint density at radius 1 is 1.31 bits per heavy atom. The minimum atomic E-state index is -0.148. The van der Waals surface area contributed by atoms with E-state index in [0.29, 0.717) is 5.13 Å². The Morgan fingerprint density at radius 2 is 2.00 bits per heavy atom. The molecule has 1 aromatic heterocycles. The fraction of sp³-hybridized carbons (Fsp3) is 0.500. The van der Waals surface area contributed by atoms with E-state index in [4.69, 9.17) is 4.74 Å². The topological polar surface area (TPSA) is 67.3 Å². The molecule has 1 atom stereocenters. The highest BCUT2D eigenvalue weighted by molar-refractivity contribution is 8.02. The lowest BCUT2D eigenvalue weighted by Gasteiger charge is -2.31. The van der Waals surface area contributed by atoms with Crippen molar-refractivity contribution in [2.24, 2.45) is 5.92 Å². The number of nitrogens with one attached hydrogen (secondary N) is 1. The fourth-order valence-electron chi connectivity index (χ4n) is 2.79. The highest BCUT2D eigenvalue weighted by atomic mass is 32.2. The van der Waals surface area contributed by atoms with E-state index in [0.717, 1.165) is 47.6 Å². The van der Waals surface area contributed by atoms with Gasteiger partial charge in [-0.3, -0.25) is 4.79 Å². The molecule has 1 N–H and O–H groups in total. The molecule has 1 aliphatic rings. The summed E-state index contributed by atoms with van der Waals surface area (Å²) in [6.07, 6.45) is 2.19. The first-order valence-corrected chi connectivity index (χ1v) is 10.4. The van der Waals surface area contributed by atoms with Gasteiger partial charge < -0.3 is 15.0 Å². The van der Waals surface area contributed by atoms with Crippen LogP contribution < -0.4 is 10.1 Å². The molecule has 1 saturated heterocycles. The van der Waals surface area contributed by atoms with Crippen molar-refractivity contribution in [2.45, 2.75) is 36.3 Å². The number of benzene rings is 1. The number of carbonyl (C=O) groups is 1. The van der Waals surface area contributed by atoms with Crippen LogP contribution in [0.3, 0.4) is 0 Å². The van der Waals surface area contributed by atoms with Crippen LogP contribution in [0.15, 0.2) is 28.6 Å². The normalized spacial score (nSPS) is 16.3. The Hall–Kier alpha value is -1.80. The summed E-state index contributed by atoms with van der Waals surface area (Å²) in [6.45, 7) is 5.93. The van der Waals surface area contributed by atoms with Crippen LogP contribution in [0.1, 0.15) is 26.7 Å². The number of likely N-dealkylation sites (tertiary alicyclic amines) is 1. The van der Waals surface area contributed by atoms with Crippen LogP contribution in [0.5, 0.6) is 5.75 Å². The van der Waals surface area contributed by atoms with Gasteiger partial charge in [0.25, 0.3) is 0 Å². The molecule has 3 rings (SSSR count). The summed E-state index contributed by atoms with van der Waals surface area (Å²) < 4.78 is 5.95. The molecule has 1 aromatic carbocycles. The van der Waals surface area contributed by atoms with Crippen LogP contribution in [0.25, 0.3) is 0 Å². The number of hydrogen-bond donors (Lipinski definition) is 1. The average Bonchev–Trinajstić information content (AvgIpc) is 3.09. The molecule has 1 unspecified atom stereocenters. The molecule has 1 fully saturated rings. The molecular weight excluding hydrogens is 368 g/mol. The molecule has 0 bridgehead atoms. The van der Waals surface area contributed by atoms with E-state index in [-0.39, 0.29) is 11.2 Å². The Morgan fingerprint density at radius 3 is 2.65 bits per heavy atom. The van der Waals surface area contributed by atoms with E-state index < -0.39 is 0 Å². The van der Waals surface area contributed by atoms with Gasteiger partial charge >= 0.3 is 0 Å². The number of carbonyl (C=O) groups excluding carboxylic acids is 1. The number of hydrogen-bond acceptors (Lipinski definition) is 7. The van der Waals surface area contributed by atoms with E-state index in [1.54, 1.807) is 7.11 Å². The van der Waals surface area contributed by atoms with Crippen molar-refractivity contribution in [1.82, 2.24) is 15.1 Å². The zero-order valence-corrected chi connectivity index (χ0v) is 16.9. The lowest BCUT2D eigenvalue weighted by molar-refractivity contribution is -0.131. The summed E-state index contributed by atoms with van der Waals surface area (Å²) in [6, 6.07) is 7.63. The molecule has 140 valence electrons. The summed E-state index contributed by atoms with van der Waals surface area (Å²) in [5, 5.41) is 12.2. The predicted molar refractivity (Wildman–Crippen MR) is 106 cm³/mol. The molecule has 0 spiro atoms. The van der Waals surface area contributed by atoms with Crippen LogP contribution in [0.2, 0.25) is 0 Å². The van der Waals surface area contributed by atoms with Crippen LogP contribution >= 0.6 is 23.1 Å². The van der Waals surface area contributed by atoms with Gasteiger partial charge in [-0.1, -0.05) is 30.0 Å². The van der Waals surface area contributed by atoms with E-state index in [9.17, 15) is 4.79 Å². The summed E-state index contributed by atoms with van der Waals surface area (Å²) in [5.41, 5.74) is 0.921. The highest BCUT2D eigenvalue weighted by Gasteiger charge is 2.26. The third-order valence-corrected chi connectivity index (χ3v) is 6.48. The zero-order valence-electron chi connectivity index (χ0n) is 15.3. The average molecular weight is 393 g/mol. The third kappa shape index (κ3) is 4.88. The lowest BCUT2D eigenvalue weighted by atomic mass is 9.99. The van der Waals surface area contributed by atoms with Gasteiger partial charge in [-0.2, -0.15) is 0 Å². The molecule has 6 nitrogen and oxygen atoms in total. The van der Waals surface area contributed by atoms with Gasteiger partial charge in [0.15, 0.2) is 4.34 Å². The Kier molecular flexibility index (Phi) is 6.37. The molecule has 1 aliphatic heterocycles. The van der Waals surface area contributed by atoms with Crippen molar-refractivity contribution in [2.75, 3.05) is 25.5 Å². The fourth-order valence-corrected chi connectivity index (χ4v) is 4.79. The van der Waals surface area contributed by atoms with Crippen LogP contribution in [-0.4, -0.2) is 46.5 Å². The van der Waals surface area contributed by atoms with Gasteiger partial charge in [0.1, 0.15) is 5.75 Å². The number of amides is 1. The number of thioether (sulfide) groups is 1. The zero-order chi connectivity index (χ0) is 18.5. The number of rotatable bonds is 6. The molecule has 0 radical (unpaired) electrons. The minimum Gasteiger partial charge on any atom is -0.497 e. The smallest absolute Gasteiger partial charge is 0.235 e. The Balaban J connectivity index is 1.54. The van der Waals surface area contributed by atoms with Gasteiger partial charge in [-0.15, -0.1) is 10.2 Å². The van der Waals surface area contributed by atoms with Gasteiger partial charge in [0, 0.05) is 18.8 Å². The molecular formula is C18H24N4O2S2. The summed E-state index contributed by atoms with van der Waals surface area (Å²) in [5.74, 6) is 1.72. The number of aromatic nitrogens is 2. The first-order chi connectivity index (χ1) is 12.5. The second kappa shape index (κ2) is 8.73. The first-order valence-electron chi connectivity index (χ1n) is 8.75. The molecule has 0 saturated carbocycles. The SMILES string of the molecule is COc1ccc(Nc2nnc(SC(C)C(=O)N3CCC(C)CC3)s2)cc1. The maximum Gasteiger partial charge on any atom is 0.235 e. The van der Waals surface area contributed by atoms with E-state index in [1.807, 2.05) is 36.1 Å². The highest BCUT2D eigenvalue weighted by Crippen LogP contribution is 2.32. The maximum absolute atomic E-state index is 12.6. The second-order valence-corrected chi connectivity index (χ2v) is 9.06. The third-order valence-electron chi connectivity index (χ3n) is 4.47. The van der Waals surface area contributed by atoms with Gasteiger partial charge in [-0.25, -0.2) is 0 Å². The minimum absolute atomic E-state index is 0.148. The molecule has 8 heteroatoms.